The van der Waals surface area contributed by atoms with Gasteiger partial charge in [-0.3, -0.25) is 9.69 Å². The Labute approximate surface area is 143 Å². The van der Waals surface area contributed by atoms with Crippen LogP contribution in [-0.2, 0) is 11.3 Å². The molecule has 1 aliphatic heterocycles. The standard InChI is InChI=1S/C19H26N2OS/c1-15-17(14-21-10-12-23-13-11-21)8-5-9-18(15)20-19(22)16-6-3-2-4-7-16/h2-3,5,8-9,16H,4,6-7,10-14H2,1H3,(H,20,22)/t16-/m0/s1. The molecule has 0 spiro atoms. The fourth-order valence-electron chi connectivity index (χ4n) is 3.26. The van der Waals surface area contributed by atoms with Crippen molar-refractivity contribution < 1.29 is 4.79 Å². The summed E-state index contributed by atoms with van der Waals surface area (Å²) in [5.74, 6) is 2.75. The van der Waals surface area contributed by atoms with Gasteiger partial charge in [0.1, 0.15) is 0 Å². The minimum atomic E-state index is 0.127. The van der Waals surface area contributed by atoms with E-state index in [0.29, 0.717) is 0 Å². The van der Waals surface area contributed by atoms with Gasteiger partial charge in [-0.15, -0.1) is 0 Å². The van der Waals surface area contributed by atoms with E-state index >= 15 is 0 Å². The van der Waals surface area contributed by atoms with E-state index in [1.54, 1.807) is 0 Å². The Balaban J connectivity index is 1.66. The molecule has 1 heterocycles. The Hall–Kier alpha value is -1.26. The van der Waals surface area contributed by atoms with E-state index in [1.165, 1.54) is 22.6 Å². The van der Waals surface area contributed by atoms with Crippen molar-refractivity contribution in [3.05, 3.63) is 41.5 Å². The molecule has 3 rings (SSSR count). The van der Waals surface area contributed by atoms with Crippen LogP contribution in [0.1, 0.15) is 30.4 Å². The van der Waals surface area contributed by atoms with Crippen molar-refractivity contribution in [3.63, 3.8) is 0 Å². The zero-order chi connectivity index (χ0) is 16.1. The highest BCUT2D eigenvalue weighted by atomic mass is 32.2. The molecule has 1 saturated heterocycles. The Morgan fingerprint density at radius 2 is 2.13 bits per heavy atom. The number of nitrogens with zero attached hydrogens (tertiary/aromatic N) is 1. The molecule has 2 aliphatic rings. The van der Waals surface area contributed by atoms with Crippen LogP contribution in [0.4, 0.5) is 5.69 Å². The van der Waals surface area contributed by atoms with Gasteiger partial charge in [0.2, 0.25) is 5.91 Å². The summed E-state index contributed by atoms with van der Waals surface area (Å²) in [6, 6.07) is 6.29. The summed E-state index contributed by atoms with van der Waals surface area (Å²) in [5.41, 5.74) is 3.53. The number of carbonyl (C=O) groups excluding carboxylic acids is 1. The third-order valence-corrected chi connectivity index (χ3v) is 5.78. The van der Waals surface area contributed by atoms with Gasteiger partial charge in [-0.25, -0.2) is 0 Å². The number of allylic oxidation sites excluding steroid dienone is 2. The molecular formula is C19H26N2OS. The van der Waals surface area contributed by atoms with Crippen LogP contribution in [0.5, 0.6) is 0 Å². The molecular weight excluding hydrogens is 304 g/mol. The molecule has 0 bridgehead atoms. The summed E-state index contributed by atoms with van der Waals surface area (Å²) in [4.78, 5) is 15.0. The molecule has 0 unspecified atom stereocenters. The molecule has 0 saturated carbocycles. The van der Waals surface area contributed by atoms with Crippen LogP contribution >= 0.6 is 11.8 Å². The number of carbonyl (C=O) groups is 1. The van der Waals surface area contributed by atoms with Crippen molar-refractivity contribution in [2.45, 2.75) is 32.7 Å². The first-order valence-electron chi connectivity index (χ1n) is 8.58. The molecule has 1 atom stereocenters. The molecule has 1 amide bonds. The van der Waals surface area contributed by atoms with Gasteiger partial charge in [0.25, 0.3) is 0 Å². The van der Waals surface area contributed by atoms with Gasteiger partial charge >= 0.3 is 0 Å². The number of benzene rings is 1. The van der Waals surface area contributed by atoms with Crippen LogP contribution in [0.25, 0.3) is 0 Å². The maximum absolute atomic E-state index is 12.5. The number of amides is 1. The molecule has 23 heavy (non-hydrogen) atoms. The Bertz CT molecular complexity index is 579. The smallest absolute Gasteiger partial charge is 0.227 e. The third kappa shape index (κ3) is 4.39. The van der Waals surface area contributed by atoms with E-state index < -0.39 is 0 Å². The molecule has 1 fully saturated rings. The van der Waals surface area contributed by atoms with Gasteiger partial charge < -0.3 is 5.32 Å². The summed E-state index contributed by atoms with van der Waals surface area (Å²) in [5, 5.41) is 3.16. The molecule has 4 heteroatoms. The largest absolute Gasteiger partial charge is 0.326 e. The monoisotopic (exact) mass is 330 g/mol. The van der Waals surface area contributed by atoms with Gasteiger partial charge in [-0.2, -0.15) is 11.8 Å². The Kier molecular flexibility index (Phi) is 5.79. The van der Waals surface area contributed by atoms with Crippen molar-refractivity contribution in [1.82, 2.24) is 4.90 Å². The molecule has 1 aliphatic carbocycles. The predicted molar refractivity (Wildman–Crippen MR) is 98.9 cm³/mol. The summed E-state index contributed by atoms with van der Waals surface area (Å²) < 4.78 is 0. The normalized spacial score (nSPS) is 22.0. The highest BCUT2D eigenvalue weighted by Gasteiger charge is 2.20. The van der Waals surface area contributed by atoms with Crippen LogP contribution in [0, 0.1) is 12.8 Å². The predicted octanol–water partition coefficient (Wildman–Crippen LogP) is 3.84. The minimum absolute atomic E-state index is 0.127. The SMILES string of the molecule is Cc1c(CN2CCSCC2)cccc1NC(=O)[C@H]1CC=CCC1. The second-order valence-electron chi connectivity index (χ2n) is 6.45. The topological polar surface area (TPSA) is 32.3 Å². The summed E-state index contributed by atoms with van der Waals surface area (Å²) in [6.07, 6.45) is 7.16. The fourth-order valence-corrected chi connectivity index (χ4v) is 4.24. The number of hydrogen-bond acceptors (Lipinski definition) is 3. The van der Waals surface area contributed by atoms with Crippen LogP contribution in [-0.4, -0.2) is 35.4 Å². The molecule has 124 valence electrons. The maximum Gasteiger partial charge on any atom is 0.227 e. The minimum Gasteiger partial charge on any atom is -0.326 e. The van der Waals surface area contributed by atoms with E-state index in [2.05, 4.69) is 41.4 Å². The Morgan fingerprint density at radius 1 is 1.30 bits per heavy atom. The Morgan fingerprint density at radius 3 is 2.87 bits per heavy atom. The first-order valence-corrected chi connectivity index (χ1v) is 9.74. The number of hydrogen-bond donors (Lipinski definition) is 1. The third-order valence-electron chi connectivity index (χ3n) is 4.84. The molecule has 3 nitrogen and oxygen atoms in total. The lowest BCUT2D eigenvalue weighted by Gasteiger charge is -2.27. The fraction of sp³-hybridized carbons (Fsp3) is 0.526. The zero-order valence-corrected chi connectivity index (χ0v) is 14.7. The quantitative estimate of drug-likeness (QED) is 0.851. The van der Waals surface area contributed by atoms with Gasteiger partial charge in [0.05, 0.1) is 0 Å². The van der Waals surface area contributed by atoms with Gasteiger partial charge in [-0.05, 0) is 43.4 Å². The number of anilines is 1. The van der Waals surface area contributed by atoms with Crippen molar-refractivity contribution >= 4 is 23.4 Å². The van der Waals surface area contributed by atoms with Gasteiger partial charge in [0, 0.05) is 42.7 Å². The maximum atomic E-state index is 12.5. The zero-order valence-electron chi connectivity index (χ0n) is 13.9. The second-order valence-corrected chi connectivity index (χ2v) is 7.67. The van der Waals surface area contributed by atoms with Crippen LogP contribution < -0.4 is 5.32 Å². The molecule has 1 aromatic carbocycles. The van der Waals surface area contributed by atoms with Crippen LogP contribution in [0.15, 0.2) is 30.4 Å². The molecule has 0 radical (unpaired) electrons. The number of thioether (sulfide) groups is 1. The average Bonchev–Trinajstić information content (AvgIpc) is 2.60. The van der Waals surface area contributed by atoms with Crippen molar-refractivity contribution in [2.75, 3.05) is 29.9 Å². The first-order chi connectivity index (χ1) is 11.2. The van der Waals surface area contributed by atoms with Crippen LogP contribution in [0.2, 0.25) is 0 Å². The second kappa shape index (κ2) is 8.02. The number of rotatable bonds is 4. The van der Waals surface area contributed by atoms with Crippen molar-refractivity contribution in [1.29, 1.82) is 0 Å². The summed E-state index contributed by atoms with van der Waals surface area (Å²) in [7, 11) is 0. The molecule has 1 aromatic rings. The summed E-state index contributed by atoms with van der Waals surface area (Å²) >= 11 is 2.04. The lowest BCUT2D eigenvalue weighted by atomic mass is 9.93. The highest BCUT2D eigenvalue weighted by molar-refractivity contribution is 7.99. The van der Waals surface area contributed by atoms with E-state index in [0.717, 1.165) is 44.6 Å². The van der Waals surface area contributed by atoms with Crippen LogP contribution in [0.3, 0.4) is 0 Å². The van der Waals surface area contributed by atoms with Gasteiger partial charge in [0.15, 0.2) is 0 Å². The van der Waals surface area contributed by atoms with Crippen molar-refractivity contribution in [3.8, 4) is 0 Å². The molecule has 0 aromatic heterocycles. The number of nitrogens with one attached hydrogen (secondary N) is 1. The van der Waals surface area contributed by atoms with Crippen molar-refractivity contribution in [2.24, 2.45) is 5.92 Å². The van der Waals surface area contributed by atoms with E-state index in [1.807, 2.05) is 17.8 Å². The average molecular weight is 330 g/mol. The van der Waals surface area contributed by atoms with Gasteiger partial charge in [-0.1, -0.05) is 24.3 Å². The lowest BCUT2D eigenvalue weighted by Crippen LogP contribution is -2.32. The van der Waals surface area contributed by atoms with E-state index in [4.69, 9.17) is 0 Å². The molecule has 1 N–H and O–H groups in total. The lowest BCUT2D eigenvalue weighted by molar-refractivity contribution is -0.120. The van der Waals surface area contributed by atoms with E-state index in [-0.39, 0.29) is 11.8 Å². The summed E-state index contributed by atoms with van der Waals surface area (Å²) in [6.45, 7) is 5.44. The highest BCUT2D eigenvalue weighted by Crippen LogP contribution is 2.24. The van der Waals surface area contributed by atoms with E-state index in [9.17, 15) is 4.79 Å². The first kappa shape index (κ1) is 16.6.